The molecule has 1 saturated heterocycles. The number of aryl methyl sites for hydroxylation is 2. The van der Waals surface area contributed by atoms with Crippen molar-refractivity contribution in [3.63, 3.8) is 0 Å². The minimum Gasteiger partial charge on any atom is -0.369 e. The molecule has 0 aliphatic carbocycles. The van der Waals surface area contributed by atoms with Gasteiger partial charge in [-0.3, -0.25) is 9.69 Å². The summed E-state index contributed by atoms with van der Waals surface area (Å²) in [7, 11) is 0. The Morgan fingerprint density at radius 2 is 1.72 bits per heavy atom. The van der Waals surface area contributed by atoms with Gasteiger partial charge in [0.1, 0.15) is 0 Å². The maximum Gasteiger partial charge on any atom is 0.241 e. The van der Waals surface area contributed by atoms with Crippen LogP contribution in [0.3, 0.4) is 0 Å². The summed E-state index contributed by atoms with van der Waals surface area (Å²) >= 11 is 0. The second kappa shape index (κ2) is 7.70. The lowest BCUT2D eigenvalue weighted by molar-refractivity contribution is -0.120. The molecule has 1 N–H and O–H groups in total. The van der Waals surface area contributed by atoms with Gasteiger partial charge >= 0.3 is 0 Å². The van der Waals surface area contributed by atoms with Crippen LogP contribution in [0.25, 0.3) is 0 Å². The van der Waals surface area contributed by atoms with Crippen LogP contribution in [0, 0.1) is 13.8 Å². The number of benzene rings is 2. The zero-order valence-corrected chi connectivity index (χ0v) is 15.3. The molecule has 1 amide bonds. The third-order valence-electron chi connectivity index (χ3n) is 4.98. The second-order valence-electron chi connectivity index (χ2n) is 6.84. The summed E-state index contributed by atoms with van der Waals surface area (Å²) in [5.41, 5.74) is 4.63. The zero-order valence-electron chi connectivity index (χ0n) is 15.3. The quantitative estimate of drug-likeness (QED) is 0.928. The van der Waals surface area contributed by atoms with Crippen molar-refractivity contribution < 1.29 is 4.79 Å². The number of anilines is 2. The summed E-state index contributed by atoms with van der Waals surface area (Å²) in [6.07, 6.45) is 0. The molecule has 1 aliphatic heterocycles. The van der Waals surface area contributed by atoms with Gasteiger partial charge in [0.05, 0.1) is 6.04 Å². The SMILES string of the molecule is Cc1cccc(NC(=O)[C@H](C)N2CCN(c3ccccc3C)CC2)c1. The molecule has 132 valence electrons. The van der Waals surface area contributed by atoms with Gasteiger partial charge in [0, 0.05) is 37.6 Å². The van der Waals surface area contributed by atoms with E-state index < -0.39 is 0 Å². The van der Waals surface area contributed by atoms with Gasteiger partial charge in [-0.1, -0.05) is 30.3 Å². The minimum atomic E-state index is -0.125. The normalized spacial score (nSPS) is 16.5. The van der Waals surface area contributed by atoms with Gasteiger partial charge in [-0.2, -0.15) is 0 Å². The van der Waals surface area contributed by atoms with Crippen LogP contribution in [-0.2, 0) is 4.79 Å². The number of nitrogens with one attached hydrogen (secondary N) is 1. The molecule has 1 fully saturated rings. The summed E-state index contributed by atoms with van der Waals surface area (Å²) in [6, 6.07) is 16.3. The maximum absolute atomic E-state index is 12.6. The summed E-state index contributed by atoms with van der Waals surface area (Å²) in [5, 5.41) is 3.04. The highest BCUT2D eigenvalue weighted by Crippen LogP contribution is 2.21. The summed E-state index contributed by atoms with van der Waals surface area (Å²) in [4.78, 5) is 17.2. The molecule has 4 heteroatoms. The van der Waals surface area contributed by atoms with Crippen LogP contribution < -0.4 is 10.2 Å². The first kappa shape index (κ1) is 17.5. The fourth-order valence-corrected chi connectivity index (χ4v) is 3.40. The lowest BCUT2D eigenvalue weighted by Gasteiger charge is -2.39. The molecular formula is C21H27N3O. The third kappa shape index (κ3) is 4.20. The minimum absolute atomic E-state index is 0.0648. The van der Waals surface area contributed by atoms with Crippen LogP contribution in [0.5, 0.6) is 0 Å². The maximum atomic E-state index is 12.6. The Bertz CT molecular complexity index is 735. The average molecular weight is 337 g/mol. The van der Waals surface area contributed by atoms with Crippen molar-refractivity contribution >= 4 is 17.3 Å². The number of para-hydroxylation sites is 1. The number of carbonyl (C=O) groups is 1. The topological polar surface area (TPSA) is 35.6 Å². The van der Waals surface area contributed by atoms with Crippen LogP contribution in [0.4, 0.5) is 11.4 Å². The molecule has 2 aromatic carbocycles. The van der Waals surface area contributed by atoms with E-state index >= 15 is 0 Å². The van der Waals surface area contributed by atoms with E-state index in [4.69, 9.17) is 0 Å². The lowest BCUT2D eigenvalue weighted by Crippen LogP contribution is -2.53. The molecule has 1 aliphatic rings. The molecule has 25 heavy (non-hydrogen) atoms. The molecule has 2 aromatic rings. The number of piperazine rings is 1. The first-order valence-corrected chi connectivity index (χ1v) is 8.97. The molecule has 0 unspecified atom stereocenters. The van der Waals surface area contributed by atoms with Gasteiger partial charge in [-0.25, -0.2) is 0 Å². The molecule has 0 bridgehead atoms. The molecular weight excluding hydrogens is 310 g/mol. The van der Waals surface area contributed by atoms with Crippen LogP contribution in [0.2, 0.25) is 0 Å². The van der Waals surface area contributed by atoms with Crippen molar-refractivity contribution in [1.82, 2.24) is 4.90 Å². The number of hydrogen-bond donors (Lipinski definition) is 1. The summed E-state index contributed by atoms with van der Waals surface area (Å²) in [6.45, 7) is 9.88. The van der Waals surface area contributed by atoms with Crippen molar-refractivity contribution in [3.8, 4) is 0 Å². The van der Waals surface area contributed by atoms with E-state index in [2.05, 4.69) is 46.3 Å². The standard InChI is InChI=1S/C21H27N3O/c1-16-7-6-9-19(15-16)22-21(25)18(3)23-11-13-24(14-12-23)20-10-5-4-8-17(20)2/h4-10,15,18H,11-14H2,1-3H3,(H,22,25)/t18-/m0/s1. The van der Waals surface area contributed by atoms with E-state index in [9.17, 15) is 4.79 Å². The Morgan fingerprint density at radius 3 is 2.40 bits per heavy atom. The van der Waals surface area contributed by atoms with Crippen molar-refractivity contribution in [1.29, 1.82) is 0 Å². The number of rotatable bonds is 4. The van der Waals surface area contributed by atoms with E-state index in [0.29, 0.717) is 0 Å². The van der Waals surface area contributed by atoms with Gasteiger partial charge in [-0.05, 0) is 50.1 Å². The Balaban J connectivity index is 1.57. The lowest BCUT2D eigenvalue weighted by atomic mass is 10.1. The van der Waals surface area contributed by atoms with Crippen LogP contribution in [-0.4, -0.2) is 43.0 Å². The number of hydrogen-bond acceptors (Lipinski definition) is 3. The van der Waals surface area contributed by atoms with E-state index in [1.807, 2.05) is 38.1 Å². The van der Waals surface area contributed by atoms with E-state index in [-0.39, 0.29) is 11.9 Å². The smallest absolute Gasteiger partial charge is 0.241 e. The first-order valence-electron chi connectivity index (χ1n) is 8.97. The number of carbonyl (C=O) groups excluding carboxylic acids is 1. The number of nitrogens with zero attached hydrogens (tertiary/aromatic N) is 2. The van der Waals surface area contributed by atoms with Crippen molar-refractivity contribution in [2.24, 2.45) is 0 Å². The number of amides is 1. The van der Waals surface area contributed by atoms with Crippen LogP contribution >= 0.6 is 0 Å². The van der Waals surface area contributed by atoms with Crippen molar-refractivity contribution in [3.05, 3.63) is 59.7 Å². The monoisotopic (exact) mass is 337 g/mol. The van der Waals surface area contributed by atoms with Gasteiger partial charge < -0.3 is 10.2 Å². The Morgan fingerprint density at radius 1 is 1.00 bits per heavy atom. The van der Waals surface area contributed by atoms with Crippen LogP contribution in [0.15, 0.2) is 48.5 Å². The zero-order chi connectivity index (χ0) is 17.8. The fourth-order valence-electron chi connectivity index (χ4n) is 3.40. The predicted molar refractivity (Wildman–Crippen MR) is 104 cm³/mol. The predicted octanol–water partition coefficient (Wildman–Crippen LogP) is 3.45. The molecule has 3 rings (SSSR count). The molecule has 0 radical (unpaired) electrons. The Labute approximate surface area is 150 Å². The van der Waals surface area contributed by atoms with Crippen molar-refractivity contribution in [2.75, 3.05) is 36.4 Å². The van der Waals surface area contributed by atoms with Crippen molar-refractivity contribution in [2.45, 2.75) is 26.8 Å². The van der Waals surface area contributed by atoms with Gasteiger partial charge in [0.25, 0.3) is 0 Å². The summed E-state index contributed by atoms with van der Waals surface area (Å²) < 4.78 is 0. The molecule has 1 heterocycles. The summed E-state index contributed by atoms with van der Waals surface area (Å²) in [5.74, 6) is 0.0648. The Hall–Kier alpha value is -2.33. The Kier molecular flexibility index (Phi) is 5.39. The van der Waals surface area contributed by atoms with E-state index in [1.165, 1.54) is 11.3 Å². The van der Waals surface area contributed by atoms with Crippen LogP contribution in [0.1, 0.15) is 18.1 Å². The molecule has 1 atom stereocenters. The van der Waals surface area contributed by atoms with Gasteiger partial charge in [0.2, 0.25) is 5.91 Å². The van der Waals surface area contributed by atoms with Gasteiger partial charge in [0.15, 0.2) is 0 Å². The fraction of sp³-hybridized carbons (Fsp3) is 0.381. The van der Waals surface area contributed by atoms with E-state index in [0.717, 1.165) is 37.4 Å². The second-order valence-corrected chi connectivity index (χ2v) is 6.84. The first-order chi connectivity index (χ1) is 12.0. The highest BCUT2D eigenvalue weighted by atomic mass is 16.2. The highest BCUT2D eigenvalue weighted by molar-refractivity contribution is 5.94. The molecule has 0 aromatic heterocycles. The average Bonchev–Trinajstić information content (AvgIpc) is 2.62. The van der Waals surface area contributed by atoms with E-state index in [1.54, 1.807) is 0 Å². The third-order valence-corrected chi connectivity index (χ3v) is 4.98. The van der Waals surface area contributed by atoms with Gasteiger partial charge in [-0.15, -0.1) is 0 Å². The molecule has 0 saturated carbocycles. The highest BCUT2D eigenvalue weighted by Gasteiger charge is 2.26. The largest absolute Gasteiger partial charge is 0.369 e. The molecule has 0 spiro atoms. The molecule has 4 nitrogen and oxygen atoms in total.